The lowest BCUT2D eigenvalue weighted by molar-refractivity contribution is 0.507. The van der Waals surface area contributed by atoms with Crippen molar-refractivity contribution < 1.29 is 0 Å². The Bertz CT molecular complexity index is 387. The zero-order valence-corrected chi connectivity index (χ0v) is 12.3. The molecule has 0 radical (unpaired) electrons. The van der Waals surface area contributed by atoms with E-state index in [0.29, 0.717) is 6.04 Å². The fraction of sp³-hybridized carbons (Fsp3) is 0.538. The normalized spacial score (nSPS) is 17.9. The van der Waals surface area contributed by atoms with Gasteiger partial charge in [0.25, 0.3) is 0 Å². The summed E-state index contributed by atoms with van der Waals surface area (Å²) in [5.74, 6) is 5.66. The minimum absolute atomic E-state index is 0.366. The highest BCUT2D eigenvalue weighted by Gasteiger charge is 2.13. The average molecular weight is 315 g/mol. The van der Waals surface area contributed by atoms with Crippen LogP contribution in [-0.4, -0.2) is 6.04 Å². The smallest absolute Gasteiger partial charge is 0.0295 e. The summed E-state index contributed by atoms with van der Waals surface area (Å²) in [5.41, 5.74) is 4.54. The Morgan fingerprint density at radius 2 is 2.29 bits per heavy atom. The number of halogens is 1. The number of nitrogens with two attached hydrogens (primary N) is 1. The maximum atomic E-state index is 5.66. The van der Waals surface area contributed by atoms with E-state index in [1.54, 1.807) is 16.9 Å². The first-order valence-electron chi connectivity index (χ1n) is 6.15. The molecule has 17 heavy (non-hydrogen) atoms. The van der Waals surface area contributed by atoms with Crippen molar-refractivity contribution >= 4 is 27.3 Å². The molecule has 0 bridgehead atoms. The van der Waals surface area contributed by atoms with Crippen molar-refractivity contribution in [1.82, 2.24) is 5.43 Å². The van der Waals surface area contributed by atoms with E-state index in [4.69, 9.17) is 5.84 Å². The number of thiophene rings is 1. The Morgan fingerprint density at radius 3 is 2.88 bits per heavy atom. The molecule has 0 spiro atoms. The van der Waals surface area contributed by atoms with Gasteiger partial charge >= 0.3 is 0 Å². The summed E-state index contributed by atoms with van der Waals surface area (Å²) >= 11 is 5.28. The number of hydrazine groups is 1. The lowest BCUT2D eigenvalue weighted by atomic mass is 9.93. The van der Waals surface area contributed by atoms with Gasteiger partial charge in [0.05, 0.1) is 0 Å². The second kappa shape index (κ2) is 6.69. The van der Waals surface area contributed by atoms with Crippen LogP contribution >= 0.6 is 27.3 Å². The van der Waals surface area contributed by atoms with Crippen molar-refractivity contribution in [3.05, 3.63) is 32.4 Å². The van der Waals surface area contributed by atoms with Crippen LogP contribution in [0, 0.1) is 0 Å². The molecule has 0 aromatic carbocycles. The van der Waals surface area contributed by atoms with E-state index in [1.807, 2.05) is 0 Å². The minimum atomic E-state index is 0.366. The number of allylic oxidation sites excluding steroid dienone is 1. The highest BCUT2D eigenvalue weighted by molar-refractivity contribution is 9.10. The summed E-state index contributed by atoms with van der Waals surface area (Å²) in [5, 5.41) is 2.13. The maximum Gasteiger partial charge on any atom is 0.0295 e. The van der Waals surface area contributed by atoms with Gasteiger partial charge in [0, 0.05) is 20.8 Å². The van der Waals surface area contributed by atoms with E-state index in [1.165, 1.54) is 35.0 Å². The molecule has 0 saturated carbocycles. The monoisotopic (exact) mass is 314 g/mol. The Hall–Kier alpha value is -0.160. The molecule has 1 aromatic heterocycles. The molecule has 1 aliphatic rings. The van der Waals surface area contributed by atoms with Crippen LogP contribution in [0.4, 0.5) is 0 Å². The number of hydrogen-bond donors (Lipinski definition) is 2. The van der Waals surface area contributed by atoms with Gasteiger partial charge in [0.2, 0.25) is 0 Å². The molecular formula is C13H19BrN2S. The fourth-order valence-electron chi connectivity index (χ4n) is 2.30. The molecule has 1 aromatic rings. The third kappa shape index (κ3) is 4.21. The molecule has 1 unspecified atom stereocenters. The second-order valence-corrected chi connectivity index (χ2v) is 6.52. The maximum absolute atomic E-state index is 5.66. The SMILES string of the molecule is NNC(CC1=CCCCC1)Cc1cc(Br)cs1. The van der Waals surface area contributed by atoms with Gasteiger partial charge in [-0.05, 0) is 60.5 Å². The lowest BCUT2D eigenvalue weighted by Gasteiger charge is -2.19. The Labute approximate surface area is 115 Å². The van der Waals surface area contributed by atoms with Gasteiger partial charge in [-0.1, -0.05) is 11.6 Å². The summed E-state index contributed by atoms with van der Waals surface area (Å²) in [6, 6.07) is 2.55. The number of nitrogens with one attached hydrogen (secondary N) is 1. The average Bonchev–Trinajstić information content (AvgIpc) is 2.75. The Balaban J connectivity index is 1.90. The van der Waals surface area contributed by atoms with Crippen LogP contribution in [0.5, 0.6) is 0 Å². The van der Waals surface area contributed by atoms with Gasteiger partial charge in [0.1, 0.15) is 0 Å². The van der Waals surface area contributed by atoms with Gasteiger partial charge in [-0.2, -0.15) is 0 Å². The summed E-state index contributed by atoms with van der Waals surface area (Å²) in [6.45, 7) is 0. The van der Waals surface area contributed by atoms with E-state index in [0.717, 1.165) is 12.8 Å². The number of hydrogen-bond acceptors (Lipinski definition) is 3. The van der Waals surface area contributed by atoms with E-state index >= 15 is 0 Å². The molecular weight excluding hydrogens is 296 g/mol. The lowest BCUT2D eigenvalue weighted by Crippen LogP contribution is -2.37. The molecule has 2 rings (SSSR count). The van der Waals surface area contributed by atoms with Gasteiger partial charge in [-0.3, -0.25) is 11.3 Å². The van der Waals surface area contributed by atoms with E-state index < -0.39 is 0 Å². The number of rotatable bonds is 5. The third-order valence-corrected chi connectivity index (χ3v) is 4.92. The molecule has 0 amide bonds. The van der Waals surface area contributed by atoms with Crippen molar-refractivity contribution in [1.29, 1.82) is 0 Å². The quantitative estimate of drug-likeness (QED) is 0.493. The molecule has 2 nitrogen and oxygen atoms in total. The van der Waals surface area contributed by atoms with Gasteiger partial charge < -0.3 is 0 Å². The molecule has 1 heterocycles. The molecule has 0 aliphatic heterocycles. The summed E-state index contributed by atoms with van der Waals surface area (Å²) in [6.07, 6.45) is 9.70. The summed E-state index contributed by atoms with van der Waals surface area (Å²) in [4.78, 5) is 1.39. The molecule has 0 fully saturated rings. The van der Waals surface area contributed by atoms with Crippen molar-refractivity contribution in [3.8, 4) is 0 Å². The van der Waals surface area contributed by atoms with Gasteiger partial charge in [-0.15, -0.1) is 11.3 Å². The molecule has 94 valence electrons. The van der Waals surface area contributed by atoms with Crippen LogP contribution in [0.1, 0.15) is 37.0 Å². The first kappa shape index (κ1) is 13.3. The molecule has 0 saturated heterocycles. The summed E-state index contributed by atoms with van der Waals surface area (Å²) in [7, 11) is 0. The van der Waals surface area contributed by atoms with Crippen molar-refractivity contribution in [2.24, 2.45) is 5.84 Å². The van der Waals surface area contributed by atoms with Crippen LogP contribution in [0.25, 0.3) is 0 Å². The van der Waals surface area contributed by atoms with Gasteiger partial charge in [0.15, 0.2) is 0 Å². The van der Waals surface area contributed by atoms with Crippen LogP contribution in [0.15, 0.2) is 27.6 Å². The van der Waals surface area contributed by atoms with E-state index in [-0.39, 0.29) is 0 Å². The molecule has 1 atom stereocenters. The van der Waals surface area contributed by atoms with Crippen LogP contribution in [-0.2, 0) is 6.42 Å². The van der Waals surface area contributed by atoms with Crippen LogP contribution < -0.4 is 11.3 Å². The molecule has 4 heteroatoms. The minimum Gasteiger partial charge on any atom is -0.271 e. The fourth-order valence-corrected chi connectivity index (χ4v) is 3.83. The van der Waals surface area contributed by atoms with Crippen LogP contribution in [0.2, 0.25) is 0 Å². The van der Waals surface area contributed by atoms with Crippen LogP contribution in [0.3, 0.4) is 0 Å². The highest BCUT2D eigenvalue weighted by atomic mass is 79.9. The predicted octanol–water partition coefficient (Wildman–Crippen LogP) is 3.78. The Kier molecular flexibility index (Phi) is 5.22. The van der Waals surface area contributed by atoms with Crippen molar-refractivity contribution in [2.75, 3.05) is 0 Å². The first-order chi connectivity index (χ1) is 8.28. The van der Waals surface area contributed by atoms with E-state index in [2.05, 4.69) is 38.9 Å². The standard InChI is InChI=1S/C13H19BrN2S/c14-11-7-13(17-9-11)8-12(16-15)6-10-4-2-1-3-5-10/h4,7,9,12,16H,1-3,5-6,8,15H2. The molecule has 3 N–H and O–H groups in total. The third-order valence-electron chi connectivity index (χ3n) is 3.20. The predicted molar refractivity (Wildman–Crippen MR) is 78.0 cm³/mol. The van der Waals surface area contributed by atoms with Crippen molar-refractivity contribution in [3.63, 3.8) is 0 Å². The zero-order valence-electron chi connectivity index (χ0n) is 9.92. The Morgan fingerprint density at radius 1 is 1.41 bits per heavy atom. The zero-order chi connectivity index (χ0) is 12.1. The largest absolute Gasteiger partial charge is 0.271 e. The summed E-state index contributed by atoms with van der Waals surface area (Å²) < 4.78 is 1.17. The first-order valence-corrected chi connectivity index (χ1v) is 7.82. The van der Waals surface area contributed by atoms with Crippen molar-refractivity contribution in [2.45, 2.75) is 44.6 Å². The second-order valence-electron chi connectivity index (χ2n) is 4.61. The molecule has 1 aliphatic carbocycles. The van der Waals surface area contributed by atoms with Gasteiger partial charge in [-0.25, -0.2) is 0 Å². The highest BCUT2D eigenvalue weighted by Crippen LogP contribution is 2.25. The van der Waals surface area contributed by atoms with E-state index in [9.17, 15) is 0 Å². The topological polar surface area (TPSA) is 38.0 Å².